The van der Waals surface area contributed by atoms with Crippen molar-refractivity contribution in [2.75, 3.05) is 0 Å². The van der Waals surface area contributed by atoms with Crippen molar-refractivity contribution in [1.82, 2.24) is 0 Å². The molecule has 3 heteroatoms. The minimum atomic E-state index is 0.668. The van der Waals surface area contributed by atoms with Gasteiger partial charge >= 0.3 is 0 Å². The van der Waals surface area contributed by atoms with Crippen molar-refractivity contribution in [3.05, 3.63) is 0 Å². The van der Waals surface area contributed by atoms with Crippen molar-refractivity contribution in [3.8, 4) is 0 Å². The first-order chi connectivity index (χ1) is 6.28. The first-order valence-electron chi connectivity index (χ1n) is 5.27. The smallest absolute Gasteiger partial charge is 0.0318 e. The fourth-order valence-electron chi connectivity index (χ4n) is 0.983. The SMILES string of the molecule is CCC(CC)SOSC(CC)CC. The van der Waals surface area contributed by atoms with E-state index in [9.17, 15) is 0 Å². The fraction of sp³-hybridized carbons (Fsp3) is 1.00. The molecule has 0 saturated heterocycles. The van der Waals surface area contributed by atoms with Crippen molar-refractivity contribution in [2.45, 2.75) is 63.9 Å². The van der Waals surface area contributed by atoms with Gasteiger partial charge in [-0.1, -0.05) is 27.7 Å². The van der Waals surface area contributed by atoms with E-state index in [1.807, 2.05) is 0 Å². The fourth-order valence-corrected chi connectivity index (χ4v) is 2.60. The van der Waals surface area contributed by atoms with Gasteiger partial charge in [0.05, 0.1) is 0 Å². The van der Waals surface area contributed by atoms with E-state index in [0.29, 0.717) is 10.5 Å². The Morgan fingerprint density at radius 1 is 0.769 bits per heavy atom. The standard InChI is InChI=1S/C10H22OS2/c1-5-9(6-2)12-11-13-10(7-3)8-4/h9-10H,5-8H2,1-4H3. The molecule has 80 valence electrons. The largest absolute Gasteiger partial charge is 0.247 e. The molecule has 0 aromatic heterocycles. The predicted octanol–water partition coefficient (Wildman–Crippen LogP) is 4.68. The third-order valence-corrected chi connectivity index (χ3v) is 4.68. The molecule has 0 amide bonds. The highest BCUT2D eigenvalue weighted by molar-refractivity contribution is 8.08. The number of rotatable bonds is 8. The summed E-state index contributed by atoms with van der Waals surface area (Å²) >= 11 is 3.29. The van der Waals surface area contributed by atoms with Crippen molar-refractivity contribution >= 4 is 24.1 Å². The Kier molecular flexibility index (Phi) is 9.69. The van der Waals surface area contributed by atoms with Crippen LogP contribution in [0.4, 0.5) is 0 Å². The van der Waals surface area contributed by atoms with Crippen LogP contribution < -0.4 is 0 Å². The van der Waals surface area contributed by atoms with Crippen LogP contribution in [-0.2, 0) is 3.63 Å². The second-order valence-electron chi connectivity index (χ2n) is 3.14. The van der Waals surface area contributed by atoms with Crippen molar-refractivity contribution in [3.63, 3.8) is 0 Å². The van der Waals surface area contributed by atoms with Gasteiger partial charge in [-0.2, -0.15) is 0 Å². The maximum absolute atomic E-state index is 5.55. The lowest BCUT2D eigenvalue weighted by Crippen LogP contribution is -2.01. The van der Waals surface area contributed by atoms with Gasteiger partial charge in [-0.25, -0.2) is 3.63 Å². The molecule has 0 aliphatic carbocycles. The minimum absolute atomic E-state index is 0.668. The van der Waals surface area contributed by atoms with E-state index >= 15 is 0 Å². The van der Waals surface area contributed by atoms with Crippen LogP contribution in [0, 0.1) is 0 Å². The lowest BCUT2D eigenvalue weighted by molar-refractivity contribution is 0.676. The molecular formula is C10H22OS2. The molecule has 0 unspecified atom stereocenters. The van der Waals surface area contributed by atoms with Crippen LogP contribution >= 0.6 is 24.1 Å². The van der Waals surface area contributed by atoms with Gasteiger partial charge in [-0.3, -0.25) is 0 Å². The minimum Gasteiger partial charge on any atom is -0.247 e. The maximum Gasteiger partial charge on any atom is 0.0318 e. The monoisotopic (exact) mass is 222 g/mol. The van der Waals surface area contributed by atoms with Crippen LogP contribution in [0.2, 0.25) is 0 Å². The summed E-state index contributed by atoms with van der Waals surface area (Å²) in [6.07, 6.45) is 4.80. The Balaban J connectivity index is 3.41. The summed E-state index contributed by atoms with van der Waals surface area (Å²) in [7, 11) is 0. The average Bonchev–Trinajstić information content (AvgIpc) is 2.19. The quantitative estimate of drug-likeness (QED) is 0.552. The molecule has 0 heterocycles. The van der Waals surface area contributed by atoms with Gasteiger partial charge in [0.25, 0.3) is 0 Å². The Morgan fingerprint density at radius 3 is 1.31 bits per heavy atom. The third-order valence-electron chi connectivity index (χ3n) is 2.17. The summed E-state index contributed by atoms with van der Waals surface area (Å²) in [6, 6.07) is 0. The first-order valence-corrected chi connectivity index (χ1v) is 6.88. The van der Waals surface area contributed by atoms with Gasteiger partial charge in [0.15, 0.2) is 0 Å². The molecule has 13 heavy (non-hydrogen) atoms. The van der Waals surface area contributed by atoms with E-state index < -0.39 is 0 Å². The molecule has 0 aromatic carbocycles. The maximum atomic E-state index is 5.55. The van der Waals surface area contributed by atoms with Crippen molar-refractivity contribution in [2.24, 2.45) is 0 Å². The number of hydrogen-bond donors (Lipinski definition) is 0. The zero-order valence-corrected chi connectivity index (χ0v) is 10.8. The molecule has 0 radical (unpaired) electrons. The van der Waals surface area contributed by atoms with Crippen LogP contribution in [-0.4, -0.2) is 10.5 Å². The highest BCUT2D eigenvalue weighted by Crippen LogP contribution is 2.29. The van der Waals surface area contributed by atoms with Gasteiger partial charge in [0.2, 0.25) is 0 Å². The van der Waals surface area contributed by atoms with Crippen LogP contribution in [0.5, 0.6) is 0 Å². The average molecular weight is 222 g/mol. The Bertz CT molecular complexity index is 89.1. The van der Waals surface area contributed by atoms with Crippen molar-refractivity contribution < 1.29 is 3.63 Å². The second-order valence-corrected chi connectivity index (χ2v) is 5.40. The van der Waals surface area contributed by atoms with Crippen LogP contribution in [0.3, 0.4) is 0 Å². The van der Waals surface area contributed by atoms with Gasteiger partial charge in [0.1, 0.15) is 0 Å². The Labute approximate surface area is 91.8 Å². The van der Waals surface area contributed by atoms with Gasteiger partial charge < -0.3 is 0 Å². The van der Waals surface area contributed by atoms with Crippen LogP contribution in [0.1, 0.15) is 53.4 Å². The van der Waals surface area contributed by atoms with Gasteiger partial charge in [-0.15, -0.1) is 0 Å². The van der Waals surface area contributed by atoms with Gasteiger partial charge in [-0.05, 0) is 25.7 Å². The topological polar surface area (TPSA) is 9.23 Å². The van der Waals surface area contributed by atoms with E-state index in [2.05, 4.69) is 27.7 Å². The highest BCUT2D eigenvalue weighted by atomic mass is 32.2. The zero-order chi connectivity index (χ0) is 10.1. The lowest BCUT2D eigenvalue weighted by Gasteiger charge is -2.13. The second kappa shape index (κ2) is 9.22. The molecule has 0 fully saturated rings. The molecule has 0 saturated carbocycles. The molecule has 0 rings (SSSR count). The van der Waals surface area contributed by atoms with Gasteiger partial charge in [0, 0.05) is 34.6 Å². The van der Waals surface area contributed by atoms with Crippen LogP contribution in [0.15, 0.2) is 0 Å². The van der Waals surface area contributed by atoms with E-state index in [1.54, 1.807) is 24.1 Å². The third kappa shape index (κ3) is 6.69. The molecule has 0 atom stereocenters. The first kappa shape index (κ1) is 13.7. The number of hydrogen-bond acceptors (Lipinski definition) is 3. The highest BCUT2D eigenvalue weighted by Gasteiger charge is 2.08. The molecule has 0 aliphatic heterocycles. The molecule has 1 nitrogen and oxygen atoms in total. The zero-order valence-electron chi connectivity index (χ0n) is 9.21. The van der Waals surface area contributed by atoms with E-state index in [4.69, 9.17) is 3.63 Å². The van der Waals surface area contributed by atoms with E-state index in [1.165, 1.54) is 25.7 Å². The Hall–Kier alpha value is 0.660. The molecule has 0 spiro atoms. The van der Waals surface area contributed by atoms with Crippen molar-refractivity contribution in [1.29, 1.82) is 0 Å². The lowest BCUT2D eigenvalue weighted by atomic mass is 10.3. The molecule has 0 aromatic rings. The summed E-state index contributed by atoms with van der Waals surface area (Å²) in [5, 5.41) is 1.34. The van der Waals surface area contributed by atoms with E-state index in [0.717, 1.165) is 0 Å². The summed E-state index contributed by atoms with van der Waals surface area (Å²) < 4.78 is 5.55. The molecule has 0 aliphatic rings. The molecule has 0 N–H and O–H groups in total. The summed E-state index contributed by atoms with van der Waals surface area (Å²) in [5.41, 5.74) is 0. The normalized spacial score (nSPS) is 11.5. The summed E-state index contributed by atoms with van der Waals surface area (Å²) in [4.78, 5) is 0. The van der Waals surface area contributed by atoms with Crippen LogP contribution in [0.25, 0.3) is 0 Å². The predicted molar refractivity (Wildman–Crippen MR) is 65.0 cm³/mol. The molecule has 0 bridgehead atoms. The Morgan fingerprint density at radius 2 is 1.08 bits per heavy atom. The van der Waals surface area contributed by atoms with E-state index in [-0.39, 0.29) is 0 Å². The molecular weight excluding hydrogens is 200 g/mol. The summed E-state index contributed by atoms with van der Waals surface area (Å²) in [6.45, 7) is 8.86. The summed E-state index contributed by atoms with van der Waals surface area (Å²) in [5.74, 6) is 0.